The van der Waals surface area contributed by atoms with Crippen molar-refractivity contribution < 1.29 is 8.42 Å². The van der Waals surface area contributed by atoms with Gasteiger partial charge in [0.25, 0.3) is 0 Å². The van der Waals surface area contributed by atoms with Crippen molar-refractivity contribution in [1.29, 1.82) is 0 Å². The molecule has 2 atom stereocenters. The van der Waals surface area contributed by atoms with E-state index in [4.69, 9.17) is 0 Å². The molecular weight excluding hydrogens is 198 g/mol. The van der Waals surface area contributed by atoms with Crippen LogP contribution in [0.1, 0.15) is 33.1 Å². The molecule has 0 amide bonds. The van der Waals surface area contributed by atoms with Crippen LogP contribution in [0.4, 0.5) is 0 Å². The Balaban J connectivity index is 2.52. The van der Waals surface area contributed by atoms with Gasteiger partial charge in [0.05, 0.1) is 5.25 Å². The molecule has 0 aliphatic heterocycles. The number of nitrogens with one attached hydrogen (secondary N) is 1. The highest BCUT2D eigenvalue weighted by atomic mass is 32.2. The third-order valence-corrected chi connectivity index (χ3v) is 4.45. The van der Waals surface area contributed by atoms with Crippen LogP contribution in [-0.2, 0) is 9.84 Å². The van der Waals surface area contributed by atoms with Crippen LogP contribution in [-0.4, -0.2) is 32.5 Å². The Morgan fingerprint density at radius 2 is 2.00 bits per heavy atom. The van der Waals surface area contributed by atoms with E-state index in [1.807, 2.05) is 0 Å². The smallest absolute Gasteiger partial charge is 0.151 e. The zero-order valence-corrected chi connectivity index (χ0v) is 10.1. The molecule has 1 rings (SSSR count). The van der Waals surface area contributed by atoms with Gasteiger partial charge in [0.1, 0.15) is 0 Å². The molecule has 0 bridgehead atoms. The minimum atomic E-state index is -2.86. The van der Waals surface area contributed by atoms with Gasteiger partial charge in [-0.1, -0.05) is 20.3 Å². The maximum atomic E-state index is 11.4. The predicted molar refractivity (Wildman–Crippen MR) is 59.1 cm³/mol. The molecule has 14 heavy (non-hydrogen) atoms. The van der Waals surface area contributed by atoms with Gasteiger partial charge in [-0.05, 0) is 25.3 Å². The minimum absolute atomic E-state index is 0.152. The van der Waals surface area contributed by atoms with Crippen LogP contribution < -0.4 is 5.32 Å². The summed E-state index contributed by atoms with van der Waals surface area (Å²) in [7, 11) is -2.86. The molecule has 1 N–H and O–H groups in total. The second kappa shape index (κ2) is 4.62. The Hall–Kier alpha value is -0.0900. The average molecular weight is 219 g/mol. The molecular formula is C10H21NO2S. The monoisotopic (exact) mass is 219 g/mol. The molecule has 1 aliphatic carbocycles. The Kier molecular flexibility index (Phi) is 3.95. The van der Waals surface area contributed by atoms with Crippen molar-refractivity contribution in [3.63, 3.8) is 0 Å². The lowest BCUT2D eigenvalue weighted by Crippen LogP contribution is -2.41. The summed E-state index contributed by atoms with van der Waals surface area (Å²) in [6.07, 6.45) is 4.22. The van der Waals surface area contributed by atoms with E-state index in [1.54, 1.807) is 0 Å². The molecule has 0 aromatic rings. The van der Waals surface area contributed by atoms with Crippen LogP contribution in [0.25, 0.3) is 0 Å². The molecule has 1 saturated carbocycles. The largest absolute Gasteiger partial charge is 0.312 e. The van der Waals surface area contributed by atoms with Crippen molar-refractivity contribution in [2.24, 2.45) is 5.92 Å². The highest BCUT2D eigenvalue weighted by Gasteiger charge is 2.34. The molecule has 3 nitrogen and oxygen atoms in total. The third kappa shape index (κ3) is 3.24. The van der Waals surface area contributed by atoms with Crippen LogP contribution >= 0.6 is 0 Å². The second-order valence-electron chi connectivity index (χ2n) is 4.71. The van der Waals surface area contributed by atoms with Gasteiger partial charge in [0, 0.05) is 12.3 Å². The van der Waals surface area contributed by atoms with Crippen molar-refractivity contribution >= 4 is 9.84 Å². The standard InChI is InChI=1S/C10H21NO2S/c1-8(2)7-11-9-5-4-6-10(9)14(3,12)13/h8-11H,4-7H2,1-3H3. The van der Waals surface area contributed by atoms with Crippen molar-refractivity contribution in [2.45, 2.75) is 44.4 Å². The van der Waals surface area contributed by atoms with Gasteiger partial charge in [0.15, 0.2) is 9.84 Å². The topological polar surface area (TPSA) is 46.2 Å². The second-order valence-corrected chi connectivity index (χ2v) is 6.97. The highest BCUT2D eigenvalue weighted by molar-refractivity contribution is 7.91. The first-order valence-electron chi connectivity index (χ1n) is 5.33. The normalized spacial score (nSPS) is 28.6. The Labute approximate surface area is 87.2 Å². The summed E-state index contributed by atoms with van der Waals surface area (Å²) in [5.41, 5.74) is 0. The first-order valence-corrected chi connectivity index (χ1v) is 7.29. The zero-order valence-electron chi connectivity index (χ0n) is 9.29. The van der Waals surface area contributed by atoms with Crippen LogP contribution in [0.2, 0.25) is 0 Å². The maximum absolute atomic E-state index is 11.4. The average Bonchev–Trinajstić information content (AvgIpc) is 2.46. The Morgan fingerprint density at radius 3 is 2.50 bits per heavy atom. The van der Waals surface area contributed by atoms with Crippen molar-refractivity contribution in [3.8, 4) is 0 Å². The highest BCUT2D eigenvalue weighted by Crippen LogP contribution is 2.25. The van der Waals surface area contributed by atoms with E-state index in [2.05, 4.69) is 19.2 Å². The van der Waals surface area contributed by atoms with E-state index in [-0.39, 0.29) is 11.3 Å². The van der Waals surface area contributed by atoms with Crippen molar-refractivity contribution in [1.82, 2.24) is 5.32 Å². The van der Waals surface area contributed by atoms with Crippen molar-refractivity contribution in [3.05, 3.63) is 0 Å². The lowest BCUT2D eigenvalue weighted by Gasteiger charge is -2.20. The van der Waals surface area contributed by atoms with E-state index >= 15 is 0 Å². The third-order valence-electron chi connectivity index (χ3n) is 2.79. The molecule has 0 aromatic carbocycles. The summed E-state index contributed by atoms with van der Waals surface area (Å²) >= 11 is 0. The molecule has 0 spiro atoms. The number of hydrogen-bond donors (Lipinski definition) is 1. The summed E-state index contributed by atoms with van der Waals surface area (Å²) in [5, 5.41) is 3.21. The summed E-state index contributed by atoms with van der Waals surface area (Å²) < 4.78 is 22.9. The Bertz CT molecular complexity index is 272. The van der Waals surface area contributed by atoms with E-state index in [1.165, 1.54) is 6.26 Å². The van der Waals surface area contributed by atoms with E-state index in [9.17, 15) is 8.42 Å². The molecule has 0 radical (unpaired) electrons. The minimum Gasteiger partial charge on any atom is -0.312 e. The van der Waals surface area contributed by atoms with Gasteiger partial charge in [-0.3, -0.25) is 0 Å². The lowest BCUT2D eigenvalue weighted by atomic mass is 10.2. The molecule has 2 unspecified atom stereocenters. The quantitative estimate of drug-likeness (QED) is 0.773. The number of hydrogen-bond acceptors (Lipinski definition) is 3. The molecule has 0 heterocycles. The fourth-order valence-electron chi connectivity index (χ4n) is 2.06. The van der Waals surface area contributed by atoms with E-state index in [0.29, 0.717) is 5.92 Å². The molecule has 0 saturated heterocycles. The number of rotatable bonds is 4. The lowest BCUT2D eigenvalue weighted by molar-refractivity contribution is 0.463. The van der Waals surface area contributed by atoms with Gasteiger partial charge >= 0.3 is 0 Å². The van der Waals surface area contributed by atoms with Crippen LogP contribution in [0.3, 0.4) is 0 Å². The van der Waals surface area contributed by atoms with Gasteiger partial charge in [0.2, 0.25) is 0 Å². The van der Waals surface area contributed by atoms with Gasteiger partial charge < -0.3 is 5.32 Å². The zero-order chi connectivity index (χ0) is 10.8. The summed E-state index contributed by atoms with van der Waals surface area (Å²) in [6, 6.07) is 0.187. The summed E-state index contributed by atoms with van der Waals surface area (Å²) in [5.74, 6) is 0.579. The van der Waals surface area contributed by atoms with E-state index in [0.717, 1.165) is 25.8 Å². The van der Waals surface area contributed by atoms with Gasteiger partial charge in [-0.25, -0.2) is 8.42 Å². The molecule has 4 heteroatoms. The summed E-state index contributed by atoms with van der Waals surface area (Å²) in [4.78, 5) is 0. The van der Waals surface area contributed by atoms with Crippen LogP contribution in [0.15, 0.2) is 0 Å². The predicted octanol–water partition coefficient (Wildman–Crippen LogP) is 1.20. The maximum Gasteiger partial charge on any atom is 0.151 e. The molecule has 1 aliphatic rings. The van der Waals surface area contributed by atoms with Crippen LogP contribution in [0.5, 0.6) is 0 Å². The van der Waals surface area contributed by atoms with Gasteiger partial charge in [-0.15, -0.1) is 0 Å². The fraction of sp³-hybridized carbons (Fsp3) is 1.00. The number of sulfone groups is 1. The van der Waals surface area contributed by atoms with Crippen molar-refractivity contribution in [2.75, 3.05) is 12.8 Å². The summed E-state index contributed by atoms with van der Waals surface area (Å²) in [6.45, 7) is 5.19. The first-order chi connectivity index (χ1) is 6.41. The molecule has 1 fully saturated rings. The SMILES string of the molecule is CC(C)CNC1CCCC1S(C)(=O)=O. The van der Waals surface area contributed by atoms with E-state index < -0.39 is 9.84 Å². The molecule has 0 aromatic heterocycles. The van der Waals surface area contributed by atoms with Gasteiger partial charge in [-0.2, -0.15) is 0 Å². The van der Waals surface area contributed by atoms with Crippen LogP contribution in [0, 0.1) is 5.92 Å². The first kappa shape index (κ1) is 12.0. The fourth-order valence-corrected chi connectivity index (χ4v) is 3.48. The Morgan fingerprint density at radius 1 is 1.36 bits per heavy atom. The molecule has 84 valence electrons.